The number of nitrogens with one attached hydrogen (secondary N) is 1. The van der Waals surface area contributed by atoms with Crippen molar-refractivity contribution in [2.75, 3.05) is 20.2 Å². The summed E-state index contributed by atoms with van der Waals surface area (Å²) in [5, 5.41) is 2.86. The van der Waals surface area contributed by atoms with E-state index in [-0.39, 0.29) is 18.1 Å². The van der Waals surface area contributed by atoms with Crippen molar-refractivity contribution in [2.24, 2.45) is 0 Å². The summed E-state index contributed by atoms with van der Waals surface area (Å²) >= 11 is 0. The summed E-state index contributed by atoms with van der Waals surface area (Å²) in [6, 6.07) is 7.16. The minimum Gasteiger partial charge on any atom is -0.497 e. The van der Waals surface area contributed by atoms with Gasteiger partial charge in [-0.05, 0) is 24.1 Å². The molecular weight excluding hydrogens is 272 g/mol. The van der Waals surface area contributed by atoms with Gasteiger partial charge in [0.15, 0.2) is 0 Å². The summed E-state index contributed by atoms with van der Waals surface area (Å²) in [6.07, 6.45) is 1.25. The number of esters is 1. The van der Waals surface area contributed by atoms with Crippen LogP contribution in [0, 0.1) is 0 Å². The van der Waals surface area contributed by atoms with Crippen molar-refractivity contribution in [3.05, 3.63) is 29.8 Å². The number of morpholine rings is 1. The standard InChI is InChI=1S/C15H18N2O4/c1-20-11-4-2-10(3-5-11)6-7-16-15(19)17-9-12-8-13(17)14(18)21-12/h2-5,12-13H,6-9H2,1H3,(H,16,19)/t12-,13-/m0/s1. The Morgan fingerprint density at radius 3 is 2.81 bits per heavy atom. The molecule has 1 aromatic carbocycles. The van der Waals surface area contributed by atoms with Crippen molar-refractivity contribution < 1.29 is 19.1 Å². The van der Waals surface area contributed by atoms with Crippen LogP contribution in [0.25, 0.3) is 0 Å². The van der Waals surface area contributed by atoms with Crippen LogP contribution in [0.1, 0.15) is 12.0 Å². The Morgan fingerprint density at radius 1 is 1.43 bits per heavy atom. The number of amides is 2. The Morgan fingerprint density at radius 2 is 2.19 bits per heavy atom. The fourth-order valence-electron chi connectivity index (χ4n) is 2.78. The van der Waals surface area contributed by atoms with Gasteiger partial charge in [0, 0.05) is 13.0 Å². The number of fused-ring (bicyclic) bond motifs is 2. The third kappa shape index (κ3) is 2.79. The molecule has 0 aromatic heterocycles. The molecule has 2 saturated heterocycles. The van der Waals surface area contributed by atoms with Crippen molar-refractivity contribution in [3.63, 3.8) is 0 Å². The number of hydrogen-bond donors (Lipinski definition) is 1. The number of nitrogens with zero attached hydrogens (tertiary/aromatic N) is 1. The average Bonchev–Trinajstić information content (AvgIpc) is 3.07. The van der Waals surface area contributed by atoms with Crippen molar-refractivity contribution in [1.82, 2.24) is 10.2 Å². The van der Waals surface area contributed by atoms with Gasteiger partial charge < -0.3 is 19.7 Å². The van der Waals surface area contributed by atoms with E-state index in [0.29, 0.717) is 19.5 Å². The fourth-order valence-corrected chi connectivity index (χ4v) is 2.78. The molecule has 2 amide bonds. The first kappa shape index (κ1) is 13.7. The van der Waals surface area contributed by atoms with Crippen molar-refractivity contribution in [1.29, 1.82) is 0 Å². The van der Waals surface area contributed by atoms with E-state index >= 15 is 0 Å². The summed E-state index contributed by atoms with van der Waals surface area (Å²) in [7, 11) is 1.63. The van der Waals surface area contributed by atoms with Gasteiger partial charge in [-0.15, -0.1) is 0 Å². The molecule has 0 spiro atoms. The minimum absolute atomic E-state index is 0.116. The number of hydrogen-bond acceptors (Lipinski definition) is 4. The molecule has 6 heteroatoms. The van der Waals surface area contributed by atoms with E-state index in [9.17, 15) is 9.59 Å². The molecule has 2 aliphatic heterocycles. The van der Waals surface area contributed by atoms with E-state index < -0.39 is 6.04 Å². The van der Waals surface area contributed by atoms with Gasteiger partial charge in [-0.3, -0.25) is 0 Å². The van der Waals surface area contributed by atoms with Gasteiger partial charge in [0.1, 0.15) is 17.9 Å². The minimum atomic E-state index is -0.393. The second kappa shape index (κ2) is 5.63. The highest BCUT2D eigenvalue weighted by atomic mass is 16.6. The Hall–Kier alpha value is -2.24. The number of urea groups is 1. The second-order valence-electron chi connectivity index (χ2n) is 5.29. The zero-order valence-electron chi connectivity index (χ0n) is 11.9. The number of methoxy groups -OCH3 is 1. The zero-order valence-corrected chi connectivity index (χ0v) is 11.9. The van der Waals surface area contributed by atoms with Gasteiger partial charge in [0.05, 0.1) is 13.7 Å². The second-order valence-corrected chi connectivity index (χ2v) is 5.29. The van der Waals surface area contributed by atoms with Crippen molar-refractivity contribution in [3.8, 4) is 5.75 Å². The number of carbonyl (C=O) groups excluding carboxylic acids is 2. The molecule has 3 rings (SSSR count). The van der Waals surface area contributed by atoms with Gasteiger partial charge in [-0.2, -0.15) is 0 Å². The topological polar surface area (TPSA) is 67.9 Å². The molecule has 112 valence electrons. The predicted molar refractivity (Wildman–Crippen MR) is 75.1 cm³/mol. The lowest BCUT2D eigenvalue weighted by molar-refractivity contribution is -0.149. The van der Waals surface area contributed by atoms with E-state index in [1.54, 1.807) is 12.0 Å². The highest BCUT2D eigenvalue weighted by Gasteiger charge is 2.48. The Bertz CT molecular complexity index is 543. The van der Waals surface area contributed by atoms with E-state index in [4.69, 9.17) is 9.47 Å². The van der Waals surface area contributed by atoms with Crippen molar-refractivity contribution >= 4 is 12.0 Å². The van der Waals surface area contributed by atoms with Crippen LogP contribution in [-0.2, 0) is 16.0 Å². The van der Waals surface area contributed by atoms with Gasteiger partial charge in [0.2, 0.25) is 0 Å². The fraction of sp³-hybridized carbons (Fsp3) is 0.467. The van der Waals surface area contributed by atoms with Gasteiger partial charge in [-0.25, -0.2) is 9.59 Å². The monoisotopic (exact) mass is 290 g/mol. The van der Waals surface area contributed by atoms with Crippen LogP contribution < -0.4 is 10.1 Å². The maximum Gasteiger partial charge on any atom is 0.329 e. The summed E-state index contributed by atoms with van der Waals surface area (Å²) in [6.45, 7) is 1.04. The average molecular weight is 290 g/mol. The summed E-state index contributed by atoms with van der Waals surface area (Å²) < 4.78 is 10.2. The SMILES string of the molecule is COc1ccc(CCNC(=O)N2C[C@@H]3C[C@H]2C(=O)O3)cc1. The smallest absolute Gasteiger partial charge is 0.329 e. The van der Waals surface area contributed by atoms with Gasteiger partial charge in [-0.1, -0.05) is 12.1 Å². The highest BCUT2D eigenvalue weighted by molar-refractivity contribution is 5.86. The van der Waals surface area contributed by atoms with Crippen LogP contribution in [0.3, 0.4) is 0 Å². The first-order valence-electron chi connectivity index (χ1n) is 7.05. The predicted octanol–water partition coefficient (Wildman–Crippen LogP) is 0.947. The molecule has 0 aliphatic carbocycles. The molecule has 0 saturated carbocycles. The van der Waals surface area contributed by atoms with Crippen LogP contribution in [0.15, 0.2) is 24.3 Å². The number of benzene rings is 1. The molecular formula is C15H18N2O4. The number of ether oxygens (including phenoxy) is 2. The molecule has 0 unspecified atom stereocenters. The van der Waals surface area contributed by atoms with E-state index in [0.717, 1.165) is 17.7 Å². The molecule has 0 radical (unpaired) electrons. The third-order valence-corrected chi connectivity index (χ3v) is 3.93. The third-order valence-electron chi connectivity index (χ3n) is 3.93. The molecule has 2 heterocycles. The van der Waals surface area contributed by atoms with Crippen LogP contribution in [0.5, 0.6) is 5.75 Å². The number of likely N-dealkylation sites (tertiary alicyclic amines) is 1. The lowest BCUT2D eigenvalue weighted by Crippen LogP contribution is -2.49. The molecule has 2 fully saturated rings. The van der Waals surface area contributed by atoms with Gasteiger partial charge in [0.25, 0.3) is 0 Å². The molecule has 2 atom stereocenters. The van der Waals surface area contributed by atoms with Crippen LogP contribution in [0.4, 0.5) is 4.79 Å². The summed E-state index contributed by atoms with van der Waals surface area (Å²) in [5.74, 6) is 0.533. The maximum absolute atomic E-state index is 12.1. The Kier molecular flexibility index (Phi) is 3.68. The summed E-state index contributed by atoms with van der Waals surface area (Å²) in [4.78, 5) is 25.1. The van der Waals surface area contributed by atoms with Crippen LogP contribution >= 0.6 is 0 Å². The first-order chi connectivity index (χ1) is 10.2. The van der Waals surface area contributed by atoms with Gasteiger partial charge >= 0.3 is 12.0 Å². The molecule has 21 heavy (non-hydrogen) atoms. The molecule has 1 N–H and O–H groups in total. The van der Waals surface area contributed by atoms with Crippen LogP contribution in [0.2, 0.25) is 0 Å². The normalized spacial score (nSPS) is 23.1. The van der Waals surface area contributed by atoms with Crippen molar-refractivity contribution in [2.45, 2.75) is 25.0 Å². The van der Waals surface area contributed by atoms with E-state index in [2.05, 4.69) is 5.32 Å². The number of carbonyl (C=O) groups is 2. The van der Waals surface area contributed by atoms with E-state index in [1.807, 2.05) is 24.3 Å². The Balaban J connectivity index is 1.47. The summed E-state index contributed by atoms with van der Waals surface area (Å²) in [5.41, 5.74) is 1.12. The molecule has 1 aromatic rings. The van der Waals surface area contributed by atoms with E-state index in [1.165, 1.54) is 0 Å². The zero-order chi connectivity index (χ0) is 14.8. The lowest BCUT2D eigenvalue weighted by atomic mass is 10.1. The molecule has 6 nitrogen and oxygen atoms in total. The lowest BCUT2D eigenvalue weighted by Gasteiger charge is -2.25. The maximum atomic E-state index is 12.1. The number of rotatable bonds is 4. The first-order valence-corrected chi connectivity index (χ1v) is 7.05. The highest BCUT2D eigenvalue weighted by Crippen LogP contribution is 2.28. The Labute approximate surface area is 123 Å². The van der Waals surface area contributed by atoms with Crippen LogP contribution in [-0.4, -0.2) is 49.2 Å². The quantitative estimate of drug-likeness (QED) is 0.838. The largest absolute Gasteiger partial charge is 0.497 e. The molecule has 2 bridgehead atoms. The molecule has 2 aliphatic rings.